The van der Waals surface area contributed by atoms with Crippen LogP contribution in [0.25, 0.3) is 0 Å². The molecule has 1 aromatic rings. The smallest absolute Gasteiger partial charge is 0.293 e. The molecule has 1 N–H and O–H groups in total. The lowest BCUT2D eigenvalue weighted by Gasteiger charge is -2.26. The number of hydrogen-bond donors (Lipinski definition) is 1. The number of nitro groups is 1. The molecule has 1 aliphatic carbocycles. The summed E-state index contributed by atoms with van der Waals surface area (Å²) >= 11 is 0. The summed E-state index contributed by atoms with van der Waals surface area (Å²) in [6.07, 6.45) is 5.36. The van der Waals surface area contributed by atoms with Crippen LogP contribution >= 0.6 is 0 Å². The summed E-state index contributed by atoms with van der Waals surface area (Å²) in [5.41, 5.74) is 0.192. The molecule has 1 aromatic carbocycles. The van der Waals surface area contributed by atoms with E-state index >= 15 is 0 Å². The minimum Gasteiger partial charge on any atom is -0.379 e. The highest BCUT2D eigenvalue weighted by Gasteiger charge is 2.29. The van der Waals surface area contributed by atoms with E-state index in [1.54, 1.807) is 0 Å². The van der Waals surface area contributed by atoms with Gasteiger partial charge >= 0.3 is 0 Å². The summed E-state index contributed by atoms with van der Waals surface area (Å²) in [7, 11) is -3.75. The van der Waals surface area contributed by atoms with E-state index in [-0.39, 0.29) is 29.7 Å². The first-order valence-corrected chi connectivity index (χ1v) is 10.1. The van der Waals surface area contributed by atoms with Crippen molar-refractivity contribution in [3.63, 3.8) is 0 Å². The van der Waals surface area contributed by atoms with Gasteiger partial charge in [-0.05, 0) is 25.0 Å². The Labute approximate surface area is 147 Å². The number of morpholine rings is 1. The van der Waals surface area contributed by atoms with Gasteiger partial charge < -0.3 is 10.1 Å². The molecule has 0 spiro atoms. The molecule has 1 heterocycles. The summed E-state index contributed by atoms with van der Waals surface area (Å²) in [5.74, 6) is 0. The van der Waals surface area contributed by atoms with Crippen molar-refractivity contribution >= 4 is 21.4 Å². The van der Waals surface area contributed by atoms with Crippen molar-refractivity contribution in [3.8, 4) is 0 Å². The fourth-order valence-electron chi connectivity index (χ4n) is 3.35. The van der Waals surface area contributed by atoms with E-state index in [0.29, 0.717) is 18.9 Å². The third-order valence-electron chi connectivity index (χ3n) is 4.74. The Morgan fingerprint density at radius 1 is 1.16 bits per heavy atom. The fraction of sp³-hybridized carbons (Fsp3) is 0.625. The van der Waals surface area contributed by atoms with E-state index in [0.717, 1.165) is 31.7 Å². The number of nitro benzene ring substituents is 1. The van der Waals surface area contributed by atoms with Crippen molar-refractivity contribution in [1.29, 1.82) is 0 Å². The van der Waals surface area contributed by atoms with Crippen LogP contribution in [0.1, 0.15) is 32.1 Å². The summed E-state index contributed by atoms with van der Waals surface area (Å²) in [5, 5.41) is 14.7. The SMILES string of the molecule is O=[N+]([O-])c1cc(S(=O)(=O)N2CCOCC2)ccc1NC1CCCCC1. The van der Waals surface area contributed by atoms with Gasteiger partial charge in [-0.2, -0.15) is 4.31 Å². The maximum Gasteiger partial charge on any atom is 0.293 e. The Balaban J connectivity index is 1.86. The molecule has 3 rings (SSSR count). The molecule has 1 saturated heterocycles. The Hall–Kier alpha value is -1.71. The lowest BCUT2D eigenvalue weighted by molar-refractivity contribution is -0.384. The minimum absolute atomic E-state index is 0.0460. The molecule has 0 radical (unpaired) electrons. The molecule has 9 heteroatoms. The molecule has 0 atom stereocenters. The molecular weight excluding hydrogens is 346 g/mol. The second-order valence-electron chi connectivity index (χ2n) is 6.43. The Bertz CT molecular complexity index is 725. The molecule has 2 fully saturated rings. The van der Waals surface area contributed by atoms with Gasteiger partial charge in [-0.1, -0.05) is 19.3 Å². The molecule has 0 aromatic heterocycles. The number of rotatable bonds is 5. The van der Waals surface area contributed by atoms with Crippen molar-refractivity contribution in [3.05, 3.63) is 28.3 Å². The summed E-state index contributed by atoms with van der Waals surface area (Å²) in [6.45, 7) is 1.20. The van der Waals surface area contributed by atoms with Crippen LogP contribution in [-0.4, -0.2) is 50.0 Å². The van der Waals surface area contributed by atoms with Crippen molar-refractivity contribution in [2.24, 2.45) is 0 Å². The maximum atomic E-state index is 12.7. The number of nitrogens with zero attached hydrogens (tertiary/aromatic N) is 2. The highest BCUT2D eigenvalue weighted by molar-refractivity contribution is 7.89. The number of sulfonamides is 1. The zero-order valence-electron chi connectivity index (χ0n) is 14.0. The van der Waals surface area contributed by atoms with Crippen LogP contribution in [0.2, 0.25) is 0 Å². The van der Waals surface area contributed by atoms with E-state index in [9.17, 15) is 18.5 Å². The average Bonchev–Trinajstić information content (AvgIpc) is 2.63. The Morgan fingerprint density at radius 3 is 2.48 bits per heavy atom. The largest absolute Gasteiger partial charge is 0.379 e. The zero-order valence-corrected chi connectivity index (χ0v) is 14.8. The monoisotopic (exact) mass is 369 g/mol. The van der Waals surface area contributed by atoms with Gasteiger partial charge in [0.2, 0.25) is 10.0 Å². The van der Waals surface area contributed by atoms with Gasteiger partial charge in [0, 0.05) is 25.2 Å². The number of ether oxygens (including phenoxy) is 1. The third kappa shape index (κ3) is 4.10. The van der Waals surface area contributed by atoms with Crippen LogP contribution in [-0.2, 0) is 14.8 Å². The highest BCUT2D eigenvalue weighted by Crippen LogP contribution is 2.31. The summed E-state index contributed by atoms with van der Waals surface area (Å²) in [4.78, 5) is 10.9. The van der Waals surface area contributed by atoms with E-state index in [2.05, 4.69) is 5.32 Å². The first-order valence-electron chi connectivity index (χ1n) is 8.61. The standard InChI is InChI=1S/C16H23N3O5S/c20-19(21)16-12-14(25(22,23)18-8-10-24-11-9-18)6-7-15(16)17-13-4-2-1-3-5-13/h6-7,12-13,17H,1-5,8-11H2. The number of benzene rings is 1. The molecule has 2 aliphatic rings. The molecule has 0 unspecified atom stereocenters. The van der Waals surface area contributed by atoms with E-state index < -0.39 is 14.9 Å². The molecular formula is C16H23N3O5S. The van der Waals surface area contributed by atoms with E-state index in [1.807, 2.05) is 0 Å². The van der Waals surface area contributed by atoms with E-state index in [1.165, 1.54) is 22.9 Å². The lowest BCUT2D eigenvalue weighted by atomic mass is 9.95. The van der Waals surface area contributed by atoms with Gasteiger partial charge in [0.25, 0.3) is 5.69 Å². The van der Waals surface area contributed by atoms with Crippen molar-refractivity contribution in [2.45, 2.75) is 43.0 Å². The molecule has 1 aliphatic heterocycles. The maximum absolute atomic E-state index is 12.7. The summed E-state index contributed by atoms with van der Waals surface area (Å²) in [6, 6.07) is 4.33. The van der Waals surface area contributed by atoms with Crippen LogP contribution in [0.3, 0.4) is 0 Å². The lowest BCUT2D eigenvalue weighted by Crippen LogP contribution is -2.40. The normalized spacial score (nSPS) is 20.3. The number of nitrogens with one attached hydrogen (secondary N) is 1. The molecule has 25 heavy (non-hydrogen) atoms. The average molecular weight is 369 g/mol. The van der Waals surface area contributed by atoms with Gasteiger partial charge in [-0.3, -0.25) is 10.1 Å². The predicted octanol–water partition coefficient (Wildman–Crippen LogP) is 2.36. The number of anilines is 1. The van der Waals surface area contributed by atoms with Gasteiger partial charge in [0.05, 0.1) is 23.0 Å². The van der Waals surface area contributed by atoms with Crippen molar-refractivity contribution in [1.82, 2.24) is 4.31 Å². The van der Waals surface area contributed by atoms with Gasteiger partial charge in [0.1, 0.15) is 5.69 Å². The first-order chi connectivity index (χ1) is 12.0. The molecule has 8 nitrogen and oxygen atoms in total. The molecule has 1 saturated carbocycles. The second-order valence-corrected chi connectivity index (χ2v) is 8.37. The van der Waals surface area contributed by atoms with E-state index in [4.69, 9.17) is 4.74 Å². The van der Waals surface area contributed by atoms with Crippen molar-refractivity contribution in [2.75, 3.05) is 31.6 Å². The fourth-order valence-corrected chi connectivity index (χ4v) is 4.78. The van der Waals surface area contributed by atoms with Crippen molar-refractivity contribution < 1.29 is 18.1 Å². The Morgan fingerprint density at radius 2 is 1.84 bits per heavy atom. The molecule has 0 bridgehead atoms. The van der Waals surface area contributed by atoms with Crippen LogP contribution in [0, 0.1) is 10.1 Å². The van der Waals surface area contributed by atoms with Gasteiger partial charge in [-0.25, -0.2) is 8.42 Å². The quantitative estimate of drug-likeness (QED) is 0.631. The van der Waals surface area contributed by atoms with Crippen LogP contribution in [0.15, 0.2) is 23.1 Å². The van der Waals surface area contributed by atoms with Gasteiger partial charge in [-0.15, -0.1) is 0 Å². The third-order valence-corrected chi connectivity index (χ3v) is 6.63. The van der Waals surface area contributed by atoms with Gasteiger partial charge in [0.15, 0.2) is 0 Å². The summed E-state index contributed by atoms with van der Waals surface area (Å²) < 4.78 is 31.9. The Kier molecular flexibility index (Phi) is 5.55. The topological polar surface area (TPSA) is 102 Å². The van der Waals surface area contributed by atoms with Crippen LogP contribution in [0.5, 0.6) is 0 Å². The first kappa shape index (κ1) is 18.1. The van der Waals surface area contributed by atoms with Crippen LogP contribution < -0.4 is 5.32 Å². The molecule has 138 valence electrons. The predicted molar refractivity (Wildman–Crippen MR) is 93.2 cm³/mol. The highest BCUT2D eigenvalue weighted by atomic mass is 32.2. The zero-order chi connectivity index (χ0) is 17.9. The second kappa shape index (κ2) is 7.67. The minimum atomic E-state index is -3.75. The van der Waals surface area contributed by atoms with Crippen LogP contribution in [0.4, 0.5) is 11.4 Å². The number of hydrogen-bond acceptors (Lipinski definition) is 6. The molecule has 0 amide bonds.